The zero-order chi connectivity index (χ0) is 19.2. The monoisotopic (exact) mass is 380 g/mol. The zero-order valence-electron chi connectivity index (χ0n) is 15.9. The molecule has 0 saturated carbocycles. The molecule has 1 aliphatic rings. The summed E-state index contributed by atoms with van der Waals surface area (Å²) >= 11 is 0. The van der Waals surface area contributed by atoms with E-state index in [2.05, 4.69) is 19.8 Å². The first kappa shape index (κ1) is 18.6. The molecule has 2 heterocycles. The van der Waals surface area contributed by atoms with Gasteiger partial charge in [0, 0.05) is 26.2 Å². The summed E-state index contributed by atoms with van der Waals surface area (Å²) < 4.78 is 19.7. The van der Waals surface area contributed by atoms with Gasteiger partial charge in [-0.2, -0.15) is 0 Å². The van der Waals surface area contributed by atoms with Crippen LogP contribution in [0.3, 0.4) is 0 Å². The van der Waals surface area contributed by atoms with Crippen LogP contribution in [0.1, 0.15) is 12.8 Å². The predicted molar refractivity (Wildman–Crippen MR) is 109 cm³/mol. The van der Waals surface area contributed by atoms with Gasteiger partial charge < -0.3 is 9.64 Å². The molecule has 1 saturated heterocycles. The molecule has 1 aromatic heterocycles. The molecule has 146 valence electrons. The van der Waals surface area contributed by atoms with Crippen LogP contribution in [0.15, 0.2) is 54.7 Å². The number of unbranched alkanes of at least 4 members (excludes halogenated alkanes) is 1. The molecule has 0 N–H and O–H groups in total. The fourth-order valence-corrected chi connectivity index (χ4v) is 3.54. The lowest BCUT2D eigenvalue weighted by molar-refractivity contribution is 0.236. The number of halogens is 1. The highest BCUT2D eigenvalue weighted by Gasteiger charge is 2.18. The third kappa shape index (κ3) is 4.57. The molecule has 0 aliphatic carbocycles. The number of anilines is 1. The average molecular weight is 380 g/mol. The van der Waals surface area contributed by atoms with Crippen LogP contribution in [-0.4, -0.2) is 54.2 Å². The van der Waals surface area contributed by atoms with Gasteiger partial charge in [0.05, 0.1) is 29.5 Å². The Kier molecular flexibility index (Phi) is 5.97. The molecule has 0 atom stereocenters. The lowest BCUT2D eigenvalue weighted by Crippen LogP contribution is -2.46. The van der Waals surface area contributed by atoms with Crippen LogP contribution in [0.25, 0.3) is 11.0 Å². The highest BCUT2D eigenvalue weighted by molar-refractivity contribution is 5.73. The van der Waals surface area contributed by atoms with E-state index in [4.69, 9.17) is 4.74 Å². The Morgan fingerprint density at radius 2 is 1.64 bits per heavy atom. The van der Waals surface area contributed by atoms with Crippen molar-refractivity contribution in [3.8, 4) is 5.88 Å². The standard InChI is InChI=1S/C22H25FN4O/c23-18-7-1-4-10-21(18)27-14-12-26(13-15-27)11-5-6-16-28-22-17-24-19-8-2-3-9-20(19)25-22/h1-4,7-10,17H,5-6,11-16H2. The van der Waals surface area contributed by atoms with E-state index in [1.54, 1.807) is 12.3 Å². The van der Waals surface area contributed by atoms with Gasteiger partial charge in [-0.15, -0.1) is 0 Å². The first-order valence-electron chi connectivity index (χ1n) is 9.86. The van der Waals surface area contributed by atoms with Crippen molar-refractivity contribution < 1.29 is 9.13 Å². The van der Waals surface area contributed by atoms with Crippen LogP contribution in [0.2, 0.25) is 0 Å². The number of aromatic nitrogens is 2. The molecule has 0 spiro atoms. The second-order valence-electron chi connectivity index (χ2n) is 7.03. The number of hydrogen-bond donors (Lipinski definition) is 0. The van der Waals surface area contributed by atoms with Crippen LogP contribution in [0.4, 0.5) is 10.1 Å². The summed E-state index contributed by atoms with van der Waals surface area (Å²) in [7, 11) is 0. The van der Waals surface area contributed by atoms with E-state index in [-0.39, 0.29) is 5.82 Å². The molecule has 6 heteroatoms. The van der Waals surface area contributed by atoms with Crippen molar-refractivity contribution in [2.75, 3.05) is 44.2 Å². The molecule has 28 heavy (non-hydrogen) atoms. The van der Waals surface area contributed by atoms with E-state index >= 15 is 0 Å². The van der Waals surface area contributed by atoms with E-state index < -0.39 is 0 Å². The smallest absolute Gasteiger partial charge is 0.232 e. The molecule has 4 rings (SSSR count). The molecular weight excluding hydrogens is 355 g/mol. The number of fused-ring (bicyclic) bond motifs is 1. The molecule has 1 fully saturated rings. The van der Waals surface area contributed by atoms with E-state index in [1.807, 2.05) is 36.4 Å². The Labute approximate surface area is 164 Å². The summed E-state index contributed by atoms with van der Waals surface area (Å²) in [5, 5.41) is 0. The minimum absolute atomic E-state index is 0.134. The van der Waals surface area contributed by atoms with Crippen LogP contribution >= 0.6 is 0 Å². The van der Waals surface area contributed by atoms with Gasteiger partial charge in [0.1, 0.15) is 5.82 Å². The molecule has 2 aromatic carbocycles. The van der Waals surface area contributed by atoms with Gasteiger partial charge >= 0.3 is 0 Å². The first-order valence-corrected chi connectivity index (χ1v) is 9.86. The minimum Gasteiger partial charge on any atom is -0.477 e. The molecule has 1 aliphatic heterocycles. The van der Waals surface area contributed by atoms with Crippen molar-refractivity contribution >= 4 is 16.7 Å². The van der Waals surface area contributed by atoms with Crippen molar-refractivity contribution in [3.05, 3.63) is 60.5 Å². The molecule has 0 amide bonds. The number of ether oxygens (including phenoxy) is 1. The first-order chi connectivity index (χ1) is 13.8. The van der Waals surface area contributed by atoms with Crippen molar-refractivity contribution in [1.29, 1.82) is 0 Å². The van der Waals surface area contributed by atoms with E-state index in [0.717, 1.165) is 56.6 Å². The zero-order valence-corrected chi connectivity index (χ0v) is 15.9. The van der Waals surface area contributed by atoms with Gasteiger partial charge in [-0.25, -0.2) is 14.4 Å². The van der Waals surface area contributed by atoms with Crippen molar-refractivity contribution in [1.82, 2.24) is 14.9 Å². The molecule has 0 bridgehead atoms. The second kappa shape index (κ2) is 8.97. The van der Waals surface area contributed by atoms with Crippen LogP contribution in [0, 0.1) is 5.82 Å². The largest absolute Gasteiger partial charge is 0.477 e. The maximum absolute atomic E-state index is 13.9. The Bertz CT molecular complexity index is 912. The highest BCUT2D eigenvalue weighted by atomic mass is 19.1. The van der Waals surface area contributed by atoms with Crippen LogP contribution in [-0.2, 0) is 0 Å². The van der Waals surface area contributed by atoms with Gasteiger partial charge in [0.2, 0.25) is 5.88 Å². The van der Waals surface area contributed by atoms with Crippen molar-refractivity contribution in [2.24, 2.45) is 0 Å². The Morgan fingerprint density at radius 1 is 0.893 bits per heavy atom. The van der Waals surface area contributed by atoms with Crippen LogP contribution < -0.4 is 9.64 Å². The lowest BCUT2D eigenvalue weighted by Gasteiger charge is -2.36. The number of rotatable bonds is 7. The number of benzene rings is 2. The summed E-state index contributed by atoms with van der Waals surface area (Å²) in [6, 6.07) is 14.8. The van der Waals surface area contributed by atoms with Gasteiger partial charge in [0.25, 0.3) is 0 Å². The van der Waals surface area contributed by atoms with E-state index in [9.17, 15) is 4.39 Å². The van der Waals surface area contributed by atoms with Gasteiger partial charge in [-0.1, -0.05) is 24.3 Å². The third-order valence-electron chi connectivity index (χ3n) is 5.11. The Morgan fingerprint density at radius 3 is 2.46 bits per heavy atom. The Hall–Kier alpha value is -2.73. The average Bonchev–Trinajstić information content (AvgIpc) is 2.74. The maximum atomic E-state index is 13.9. The molecule has 5 nitrogen and oxygen atoms in total. The lowest BCUT2D eigenvalue weighted by atomic mass is 10.2. The number of para-hydroxylation sites is 3. The van der Waals surface area contributed by atoms with E-state index in [1.165, 1.54) is 6.07 Å². The van der Waals surface area contributed by atoms with Crippen molar-refractivity contribution in [3.63, 3.8) is 0 Å². The maximum Gasteiger partial charge on any atom is 0.232 e. The van der Waals surface area contributed by atoms with Gasteiger partial charge in [-0.05, 0) is 43.7 Å². The van der Waals surface area contributed by atoms with Crippen LogP contribution in [0.5, 0.6) is 5.88 Å². The minimum atomic E-state index is -0.134. The number of nitrogens with zero attached hydrogens (tertiary/aromatic N) is 4. The summed E-state index contributed by atoms with van der Waals surface area (Å²) in [6.45, 7) is 5.34. The van der Waals surface area contributed by atoms with Gasteiger partial charge in [0.15, 0.2) is 0 Å². The fraction of sp³-hybridized carbons (Fsp3) is 0.364. The fourth-order valence-electron chi connectivity index (χ4n) is 3.54. The normalized spacial score (nSPS) is 15.1. The number of hydrogen-bond acceptors (Lipinski definition) is 5. The predicted octanol–water partition coefficient (Wildman–Crippen LogP) is 3.75. The number of piperazine rings is 1. The summed E-state index contributed by atoms with van der Waals surface area (Å²) in [6.07, 6.45) is 3.73. The summed E-state index contributed by atoms with van der Waals surface area (Å²) in [4.78, 5) is 13.4. The van der Waals surface area contributed by atoms with Gasteiger partial charge in [-0.3, -0.25) is 4.90 Å². The van der Waals surface area contributed by atoms with Crippen molar-refractivity contribution in [2.45, 2.75) is 12.8 Å². The summed E-state index contributed by atoms with van der Waals surface area (Å²) in [5.41, 5.74) is 2.45. The summed E-state index contributed by atoms with van der Waals surface area (Å²) in [5.74, 6) is 0.446. The topological polar surface area (TPSA) is 41.5 Å². The molecular formula is C22H25FN4O. The van der Waals surface area contributed by atoms with E-state index in [0.29, 0.717) is 18.2 Å². The molecule has 0 unspecified atom stereocenters. The Balaban J connectivity index is 1.16. The third-order valence-corrected chi connectivity index (χ3v) is 5.11. The SMILES string of the molecule is Fc1ccccc1N1CCN(CCCCOc2cnc3ccccc3n2)CC1. The second-order valence-corrected chi connectivity index (χ2v) is 7.03. The quantitative estimate of drug-likeness (QED) is 0.584. The molecule has 0 radical (unpaired) electrons. The highest BCUT2D eigenvalue weighted by Crippen LogP contribution is 2.20. The molecule has 3 aromatic rings.